The SMILES string of the molecule is CC(=O)CC(C)C.CC(O)CO.COCCOCCOCCOCCOC. The first kappa shape index (κ1) is 31.1. The molecular formula is C19H42O8. The molecule has 0 aromatic rings. The van der Waals surface area contributed by atoms with E-state index in [1.165, 1.54) is 6.92 Å². The molecule has 0 rings (SSSR count). The summed E-state index contributed by atoms with van der Waals surface area (Å²) in [6.45, 7) is 12.0. The molecule has 0 saturated carbocycles. The highest BCUT2D eigenvalue weighted by Gasteiger charge is 1.95. The van der Waals surface area contributed by atoms with Gasteiger partial charge in [0.05, 0.1) is 65.6 Å². The first-order valence-electron chi connectivity index (χ1n) is 9.31. The predicted molar refractivity (Wildman–Crippen MR) is 105 cm³/mol. The van der Waals surface area contributed by atoms with Crippen molar-refractivity contribution in [3.63, 3.8) is 0 Å². The van der Waals surface area contributed by atoms with Crippen molar-refractivity contribution in [2.45, 2.75) is 40.2 Å². The highest BCUT2D eigenvalue weighted by molar-refractivity contribution is 5.75. The van der Waals surface area contributed by atoms with Crippen LogP contribution in [0.3, 0.4) is 0 Å². The van der Waals surface area contributed by atoms with E-state index in [9.17, 15) is 4.79 Å². The molecule has 0 aromatic heterocycles. The molecule has 0 bridgehead atoms. The molecule has 0 amide bonds. The number of ether oxygens (including phenoxy) is 5. The van der Waals surface area contributed by atoms with Crippen LogP contribution in [0.15, 0.2) is 0 Å². The summed E-state index contributed by atoms with van der Waals surface area (Å²) in [6, 6.07) is 0. The second-order valence-electron chi connectivity index (χ2n) is 6.15. The summed E-state index contributed by atoms with van der Waals surface area (Å²) in [4.78, 5) is 10.3. The molecule has 2 N–H and O–H groups in total. The van der Waals surface area contributed by atoms with Crippen LogP contribution in [0, 0.1) is 5.92 Å². The molecule has 0 heterocycles. The average Bonchev–Trinajstić information content (AvgIpc) is 2.59. The number of ketones is 1. The Hall–Kier alpha value is -0.610. The molecule has 0 aliphatic heterocycles. The minimum absolute atomic E-state index is 0.139. The Bertz CT molecular complexity index is 260. The van der Waals surface area contributed by atoms with Gasteiger partial charge < -0.3 is 38.7 Å². The molecule has 166 valence electrons. The van der Waals surface area contributed by atoms with Crippen LogP contribution in [0.1, 0.15) is 34.1 Å². The van der Waals surface area contributed by atoms with E-state index >= 15 is 0 Å². The number of rotatable bonds is 15. The van der Waals surface area contributed by atoms with Crippen molar-refractivity contribution in [1.29, 1.82) is 0 Å². The lowest BCUT2D eigenvalue weighted by Crippen LogP contribution is -2.12. The van der Waals surface area contributed by atoms with Crippen LogP contribution in [-0.4, -0.2) is 95.8 Å². The third-order valence-electron chi connectivity index (χ3n) is 2.57. The van der Waals surface area contributed by atoms with Gasteiger partial charge in [-0.25, -0.2) is 0 Å². The summed E-state index contributed by atoms with van der Waals surface area (Å²) in [6.07, 6.45) is 0.162. The topological polar surface area (TPSA) is 104 Å². The third kappa shape index (κ3) is 45.9. The summed E-state index contributed by atoms with van der Waals surface area (Å²) in [5, 5.41) is 16.0. The van der Waals surface area contributed by atoms with E-state index in [4.69, 9.17) is 33.9 Å². The monoisotopic (exact) mass is 398 g/mol. The normalized spacial score (nSPS) is 11.3. The van der Waals surface area contributed by atoms with E-state index in [-0.39, 0.29) is 12.4 Å². The predicted octanol–water partition coefficient (Wildman–Crippen LogP) is 1.31. The summed E-state index contributed by atoms with van der Waals surface area (Å²) in [7, 11) is 3.30. The minimum atomic E-state index is -0.560. The van der Waals surface area contributed by atoms with E-state index in [2.05, 4.69) is 0 Å². The molecule has 8 nitrogen and oxygen atoms in total. The molecule has 8 heteroatoms. The second kappa shape index (κ2) is 27.6. The van der Waals surface area contributed by atoms with E-state index in [1.54, 1.807) is 21.1 Å². The number of Topliss-reactive ketones (excluding diaryl/α,β-unsaturated/α-hetero) is 1. The highest BCUT2D eigenvalue weighted by atomic mass is 16.6. The average molecular weight is 399 g/mol. The fourth-order valence-corrected chi connectivity index (χ4v) is 1.40. The van der Waals surface area contributed by atoms with Gasteiger partial charge in [0.2, 0.25) is 0 Å². The first-order valence-corrected chi connectivity index (χ1v) is 9.31. The van der Waals surface area contributed by atoms with Crippen LogP contribution in [0.4, 0.5) is 0 Å². The van der Waals surface area contributed by atoms with E-state index in [0.717, 1.165) is 6.42 Å². The van der Waals surface area contributed by atoms with Gasteiger partial charge in [-0.2, -0.15) is 0 Å². The Kier molecular flexibility index (Phi) is 31.8. The summed E-state index contributed by atoms with van der Waals surface area (Å²) >= 11 is 0. The van der Waals surface area contributed by atoms with Gasteiger partial charge in [0.15, 0.2) is 0 Å². The lowest BCUT2D eigenvalue weighted by Gasteiger charge is -2.06. The molecule has 0 fully saturated rings. The Labute approximate surface area is 165 Å². The fourth-order valence-electron chi connectivity index (χ4n) is 1.40. The van der Waals surface area contributed by atoms with Crippen molar-refractivity contribution in [1.82, 2.24) is 0 Å². The molecule has 0 spiro atoms. The largest absolute Gasteiger partial charge is 0.394 e. The maximum absolute atomic E-state index is 10.3. The van der Waals surface area contributed by atoms with Crippen molar-refractivity contribution in [2.24, 2.45) is 5.92 Å². The van der Waals surface area contributed by atoms with Crippen LogP contribution in [0.25, 0.3) is 0 Å². The molecule has 0 aliphatic rings. The molecule has 0 saturated heterocycles. The minimum Gasteiger partial charge on any atom is -0.394 e. The summed E-state index contributed by atoms with van der Waals surface area (Å²) in [5.74, 6) is 0.813. The third-order valence-corrected chi connectivity index (χ3v) is 2.57. The van der Waals surface area contributed by atoms with Crippen molar-refractivity contribution in [2.75, 3.05) is 73.7 Å². The van der Waals surface area contributed by atoms with Crippen molar-refractivity contribution in [3.8, 4) is 0 Å². The number of carbonyl (C=O) groups is 1. The van der Waals surface area contributed by atoms with Gasteiger partial charge in [-0.05, 0) is 19.8 Å². The van der Waals surface area contributed by atoms with E-state index < -0.39 is 6.10 Å². The van der Waals surface area contributed by atoms with Crippen LogP contribution in [0.2, 0.25) is 0 Å². The highest BCUT2D eigenvalue weighted by Crippen LogP contribution is 1.97. The molecule has 1 unspecified atom stereocenters. The quantitative estimate of drug-likeness (QED) is 0.398. The van der Waals surface area contributed by atoms with Crippen LogP contribution in [0.5, 0.6) is 0 Å². The Morgan fingerprint density at radius 1 is 0.778 bits per heavy atom. The van der Waals surface area contributed by atoms with Crippen LogP contribution in [-0.2, 0) is 28.5 Å². The zero-order chi connectivity index (χ0) is 21.3. The standard InChI is InChI=1S/C10H22O5.C6H12O.C3H8O2/c1-11-3-5-13-7-9-15-10-8-14-6-4-12-2;1-5(2)4-6(3)7;1-3(5)2-4/h3-10H2,1-2H3;5H,4H2,1-3H3;3-5H,2H2,1H3. The molecule has 0 radical (unpaired) electrons. The maximum Gasteiger partial charge on any atom is 0.130 e. The van der Waals surface area contributed by atoms with Gasteiger partial charge in [-0.1, -0.05) is 13.8 Å². The molecule has 0 aliphatic carbocycles. The van der Waals surface area contributed by atoms with Crippen LogP contribution < -0.4 is 0 Å². The van der Waals surface area contributed by atoms with Gasteiger partial charge >= 0.3 is 0 Å². The number of hydrogen-bond donors (Lipinski definition) is 2. The Morgan fingerprint density at radius 3 is 1.22 bits per heavy atom. The Balaban J connectivity index is -0.000000396. The number of aliphatic hydroxyl groups is 2. The second-order valence-corrected chi connectivity index (χ2v) is 6.15. The lowest BCUT2D eigenvalue weighted by atomic mass is 10.1. The van der Waals surface area contributed by atoms with Crippen molar-refractivity contribution in [3.05, 3.63) is 0 Å². The smallest absolute Gasteiger partial charge is 0.130 e. The molecule has 1 atom stereocenters. The molecular weight excluding hydrogens is 356 g/mol. The van der Waals surface area contributed by atoms with Crippen molar-refractivity contribution < 1.29 is 38.7 Å². The molecule has 27 heavy (non-hydrogen) atoms. The first-order chi connectivity index (χ1) is 12.8. The summed E-state index contributed by atoms with van der Waals surface area (Å²) < 4.78 is 25.3. The van der Waals surface area contributed by atoms with E-state index in [1.807, 2.05) is 13.8 Å². The lowest BCUT2D eigenvalue weighted by molar-refractivity contribution is -0.117. The number of aliphatic hydroxyl groups excluding tert-OH is 2. The van der Waals surface area contributed by atoms with Crippen LogP contribution >= 0.6 is 0 Å². The van der Waals surface area contributed by atoms with Gasteiger partial charge in [0.1, 0.15) is 5.78 Å². The number of hydrogen-bond acceptors (Lipinski definition) is 8. The molecule has 0 aromatic carbocycles. The zero-order valence-electron chi connectivity index (χ0n) is 18.1. The van der Waals surface area contributed by atoms with Crippen molar-refractivity contribution >= 4 is 5.78 Å². The maximum atomic E-state index is 10.3. The van der Waals surface area contributed by atoms with Gasteiger partial charge in [-0.3, -0.25) is 0 Å². The van der Waals surface area contributed by atoms with Gasteiger partial charge in [-0.15, -0.1) is 0 Å². The number of methoxy groups -OCH3 is 2. The fraction of sp³-hybridized carbons (Fsp3) is 0.947. The summed E-state index contributed by atoms with van der Waals surface area (Å²) in [5.41, 5.74) is 0. The van der Waals surface area contributed by atoms with Gasteiger partial charge in [0.25, 0.3) is 0 Å². The number of carbonyl (C=O) groups excluding carboxylic acids is 1. The zero-order valence-corrected chi connectivity index (χ0v) is 18.1. The van der Waals surface area contributed by atoms with Gasteiger partial charge in [0, 0.05) is 20.6 Å². The Morgan fingerprint density at radius 2 is 1.07 bits per heavy atom. The van der Waals surface area contributed by atoms with E-state index in [0.29, 0.717) is 58.8 Å².